The number of hydrogen-bond acceptors (Lipinski definition) is 5. The lowest BCUT2D eigenvalue weighted by Gasteiger charge is -2.28. The smallest absolute Gasteiger partial charge is 0.273 e. The highest BCUT2D eigenvalue weighted by Crippen LogP contribution is 2.24. The minimum Gasteiger partial charge on any atom is -0.484 e. The fraction of sp³-hybridized carbons (Fsp3) is 0.350. The zero-order valence-corrected chi connectivity index (χ0v) is 15.0. The van der Waals surface area contributed by atoms with Crippen LogP contribution in [0.15, 0.2) is 54.6 Å². The van der Waals surface area contributed by atoms with Crippen molar-refractivity contribution in [3.63, 3.8) is 0 Å². The zero-order valence-electron chi connectivity index (χ0n) is 15.0. The van der Waals surface area contributed by atoms with Crippen LogP contribution in [0.25, 0.3) is 0 Å². The minimum atomic E-state index is -0.493. The molecular formula is C20H23N3O4. The number of benzene rings is 2. The summed E-state index contributed by atoms with van der Waals surface area (Å²) < 4.78 is 5.39. The van der Waals surface area contributed by atoms with Gasteiger partial charge >= 0.3 is 0 Å². The molecule has 0 radical (unpaired) electrons. The van der Waals surface area contributed by atoms with Gasteiger partial charge in [0.2, 0.25) is 0 Å². The molecule has 7 nitrogen and oxygen atoms in total. The molecule has 1 saturated heterocycles. The van der Waals surface area contributed by atoms with E-state index in [1.165, 1.54) is 36.6 Å². The predicted molar refractivity (Wildman–Crippen MR) is 102 cm³/mol. The second-order valence-electron chi connectivity index (χ2n) is 6.52. The Morgan fingerprint density at radius 2 is 1.89 bits per heavy atom. The summed E-state index contributed by atoms with van der Waals surface area (Å²) in [6, 6.07) is 16.1. The first-order valence-electron chi connectivity index (χ1n) is 9.06. The summed E-state index contributed by atoms with van der Waals surface area (Å²) in [5, 5.41) is 13.7. The maximum Gasteiger partial charge on any atom is 0.273 e. The third kappa shape index (κ3) is 5.27. The number of nitrogens with zero attached hydrogens (tertiary/aromatic N) is 2. The van der Waals surface area contributed by atoms with Gasteiger partial charge in [-0.2, -0.15) is 0 Å². The van der Waals surface area contributed by atoms with Gasteiger partial charge in [-0.15, -0.1) is 0 Å². The second-order valence-corrected chi connectivity index (χ2v) is 6.52. The number of ether oxygens (including phenoxy) is 1. The average Bonchev–Trinajstić information content (AvgIpc) is 3.22. The Balaban J connectivity index is 1.55. The number of rotatable bonds is 8. The Hall–Kier alpha value is -2.93. The number of carbonyl (C=O) groups is 1. The van der Waals surface area contributed by atoms with Crippen LogP contribution in [0.3, 0.4) is 0 Å². The topological polar surface area (TPSA) is 84.7 Å². The van der Waals surface area contributed by atoms with Crippen molar-refractivity contribution in [2.45, 2.75) is 18.9 Å². The summed E-state index contributed by atoms with van der Waals surface area (Å²) in [4.78, 5) is 24.9. The SMILES string of the molecule is O=C(COc1cccc([N+](=O)[O-])c1)NCC(c1ccccc1)N1CCCC1. The fourth-order valence-corrected chi connectivity index (χ4v) is 3.28. The van der Waals surface area contributed by atoms with E-state index >= 15 is 0 Å². The summed E-state index contributed by atoms with van der Waals surface area (Å²) >= 11 is 0. The first kappa shape index (κ1) is 18.8. The molecule has 3 rings (SSSR count). The summed E-state index contributed by atoms with van der Waals surface area (Å²) in [6.07, 6.45) is 2.35. The van der Waals surface area contributed by atoms with E-state index in [-0.39, 0.29) is 24.2 Å². The number of likely N-dealkylation sites (tertiary alicyclic amines) is 1. The van der Waals surface area contributed by atoms with Crippen molar-refractivity contribution < 1.29 is 14.5 Å². The molecule has 1 amide bonds. The number of non-ortho nitro benzene ring substituents is 1. The molecule has 1 heterocycles. The second kappa shape index (κ2) is 9.14. The molecule has 2 aromatic rings. The molecule has 2 aromatic carbocycles. The van der Waals surface area contributed by atoms with Crippen molar-refractivity contribution >= 4 is 11.6 Å². The number of hydrogen-bond donors (Lipinski definition) is 1. The fourth-order valence-electron chi connectivity index (χ4n) is 3.28. The van der Waals surface area contributed by atoms with Crippen LogP contribution in [0.1, 0.15) is 24.4 Å². The molecule has 142 valence electrons. The van der Waals surface area contributed by atoms with Gasteiger partial charge in [-0.25, -0.2) is 0 Å². The van der Waals surface area contributed by atoms with Crippen LogP contribution >= 0.6 is 0 Å². The van der Waals surface area contributed by atoms with Crippen molar-refractivity contribution in [3.05, 3.63) is 70.3 Å². The van der Waals surface area contributed by atoms with Gasteiger partial charge in [-0.05, 0) is 37.6 Å². The molecule has 1 atom stereocenters. The monoisotopic (exact) mass is 369 g/mol. The van der Waals surface area contributed by atoms with Gasteiger partial charge in [-0.1, -0.05) is 36.4 Å². The molecule has 1 N–H and O–H groups in total. The highest BCUT2D eigenvalue weighted by molar-refractivity contribution is 5.77. The van der Waals surface area contributed by atoms with Crippen LogP contribution in [0.4, 0.5) is 5.69 Å². The van der Waals surface area contributed by atoms with E-state index in [9.17, 15) is 14.9 Å². The van der Waals surface area contributed by atoms with Crippen LogP contribution in [-0.4, -0.2) is 42.0 Å². The van der Waals surface area contributed by atoms with E-state index in [4.69, 9.17) is 4.74 Å². The van der Waals surface area contributed by atoms with E-state index < -0.39 is 4.92 Å². The van der Waals surface area contributed by atoms with E-state index in [1.807, 2.05) is 18.2 Å². The van der Waals surface area contributed by atoms with Gasteiger partial charge in [-0.3, -0.25) is 19.8 Å². The molecule has 0 spiro atoms. The van der Waals surface area contributed by atoms with Crippen molar-refractivity contribution in [1.82, 2.24) is 10.2 Å². The van der Waals surface area contributed by atoms with E-state index in [1.54, 1.807) is 6.07 Å². The van der Waals surface area contributed by atoms with Gasteiger partial charge in [0.25, 0.3) is 11.6 Å². The Bertz CT molecular complexity index is 776. The summed E-state index contributed by atoms with van der Waals surface area (Å²) in [7, 11) is 0. The van der Waals surface area contributed by atoms with E-state index in [0.717, 1.165) is 13.1 Å². The number of nitro groups is 1. The largest absolute Gasteiger partial charge is 0.484 e. The Morgan fingerprint density at radius 3 is 2.59 bits per heavy atom. The van der Waals surface area contributed by atoms with Gasteiger partial charge in [0.05, 0.1) is 17.0 Å². The van der Waals surface area contributed by atoms with Gasteiger partial charge in [0.1, 0.15) is 5.75 Å². The molecule has 1 aliphatic heterocycles. The molecule has 1 unspecified atom stereocenters. The molecule has 7 heteroatoms. The standard InChI is InChI=1S/C20H23N3O4/c24-20(15-27-18-10-6-9-17(13-18)23(25)26)21-14-19(22-11-4-5-12-22)16-7-2-1-3-8-16/h1-3,6-10,13,19H,4-5,11-12,14-15H2,(H,21,24). The van der Waals surface area contributed by atoms with Gasteiger partial charge < -0.3 is 10.1 Å². The van der Waals surface area contributed by atoms with Crippen molar-refractivity contribution in [2.75, 3.05) is 26.2 Å². The Kier molecular flexibility index (Phi) is 6.38. The summed E-state index contributed by atoms with van der Waals surface area (Å²) in [6.45, 7) is 2.38. The van der Waals surface area contributed by atoms with Crippen molar-refractivity contribution in [3.8, 4) is 5.75 Å². The molecule has 0 aromatic heterocycles. The lowest BCUT2D eigenvalue weighted by Crippen LogP contribution is -2.38. The maximum atomic E-state index is 12.2. The first-order chi connectivity index (χ1) is 13.1. The third-order valence-corrected chi connectivity index (χ3v) is 4.66. The maximum absolute atomic E-state index is 12.2. The summed E-state index contributed by atoms with van der Waals surface area (Å²) in [5.41, 5.74) is 1.12. The minimum absolute atomic E-state index is 0.0638. The third-order valence-electron chi connectivity index (χ3n) is 4.66. The number of amides is 1. The Morgan fingerprint density at radius 1 is 1.15 bits per heavy atom. The average molecular weight is 369 g/mol. The van der Waals surface area contributed by atoms with E-state index in [0.29, 0.717) is 12.3 Å². The predicted octanol–water partition coefficient (Wildman–Crippen LogP) is 2.93. The lowest BCUT2D eigenvalue weighted by molar-refractivity contribution is -0.384. The molecular weight excluding hydrogens is 346 g/mol. The van der Waals surface area contributed by atoms with Crippen LogP contribution in [0.5, 0.6) is 5.75 Å². The van der Waals surface area contributed by atoms with Crippen LogP contribution < -0.4 is 10.1 Å². The quantitative estimate of drug-likeness (QED) is 0.571. The van der Waals surface area contributed by atoms with Gasteiger partial charge in [0.15, 0.2) is 6.61 Å². The molecule has 1 fully saturated rings. The van der Waals surface area contributed by atoms with Gasteiger partial charge in [0, 0.05) is 12.6 Å². The summed E-state index contributed by atoms with van der Waals surface area (Å²) in [5.74, 6) is 0.0557. The highest BCUT2D eigenvalue weighted by atomic mass is 16.6. The Labute approximate surface area is 158 Å². The molecule has 0 aliphatic carbocycles. The van der Waals surface area contributed by atoms with Crippen molar-refractivity contribution in [2.24, 2.45) is 0 Å². The number of carbonyl (C=O) groups excluding carboxylic acids is 1. The molecule has 27 heavy (non-hydrogen) atoms. The zero-order chi connectivity index (χ0) is 19.1. The van der Waals surface area contributed by atoms with E-state index in [2.05, 4.69) is 22.3 Å². The molecule has 1 aliphatic rings. The van der Waals surface area contributed by atoms with Crippen LogP contribution in [-0.2, 0) is 4.79 Å². The number of nitrogens with one attached hydrogen (secondary N) is 1. The van der Waals surface area contributed by atoms with Crippen LogP contribution in [0, 0.1) is 10.1 Å². The normalized spacial score (nSPS) is 15.3. The van der Waals surface area contributed by atoms with Crippen LogP contribution in [0.2, 0.25) is 0 Å². The van der Waals surface area contributed by atoms with Crippen molar-refractivity contribution in [1.29, 1.82) is 0 Å². The molecule has 0 bridgehead atoms. The first-order valence-corrected chi connectivity index (χ1v) is 9.06. The molecule has 0 saturated carbocycles. The number of nitro benzene ring substituents is 1. The lowest BCUT2D eigenvalue weighted by atomic mass is 10.1. The highest BCUT2D eigenvalue weighted by Gasteiger charge is 2.23.